The van der Waals surface area contributed by atoms with Crippen LogP contribution in [0.15, 0.2) is 18.2 Å². The summed E-state index contributed by atoms with van der Waals surface area (Å²) < 4.78 is 10.3. The Morgan fingerprint density at radius 3 is 2.58 bits per heavy atom. The Hall–Kier alpha value is -2.21. The van der Waals surface area contributed by atoms with Crippen molar-refractivity contribution in [2.45, 2.75) is 0 Å². The number of hydrogen-bond acceptors (Lipinski definition) is 4. The number of nitrogens with zero attached hydrogens (tertiary/aromatic N) is 1. The molecule has 1 heterocycles. The molecule has 0 atom stereocenters. The maximum absolute atomic E-state index is 10.8. The van der Waals surface area contributed by atoms with Gasteiger partial charge in [-0.05, 0) is 12.1 Å². The second-order valence-corrected chi connectivity index (χ2v) is 4.07. The summed E-state index contributed by atoms with van der Waals surface area (Å²) in [5.74, 6) is -0.154. The summed E-state index contributed by atoms with van der Waals surface area (Å²) in [5.41, 5.74) is 0.946. The zero-order valence-electron chi connectivity index (χ0n) is 10.2. The van der Waals surface area contributed by atoms with Gasteiger partial charge >= 0.3 is 5.97 Å². The van der Waals surface area contributed by atoms with E-state index in [4.69, 9.17) is 26.2 Å². The van der Waals surface area contributed by atoms with Crippen molar-refractivity contribution in [2.75, 3.05) is 14.2 Å². The Morgan fingerprint density at radius 1 is 1.32 bits per heavy atom. The molecule has 0 saturated carbocycles. The van der Waals surface area contributed by atoms with Crippen LogP contribution in [0, 0.1) is 0 Å². The number of halogens is 1. The number of aromatic nitrogens is 2. The van der Waals surface area contributed by atoms with E-state index in [1.165, 1.54) is 20.3 Å². The van der Waals surface area contributed by atoms with Gasteiger partial charge in [0.2, 0.25) is 0 Å². The van der Waals surface area contributed by atoms with E-state index in [0.29, 0.717) is 27.8 Å². The van der Waals surface area contributed by atoms with Gasteiger partial charge in [-0.1, -0.05) is 11.6 Å². The lowest BCUT2D eigenvalue weighted by atomic mass is 10.1. The molecule has 0 amide bonds. The molecule has 0 bridgehead atoms. The molecule has 100 valence electrons. The fourth-order valence-corrected chi connectivity index (χ4v) is 1.94. The van der Waals surface area contributed by atoms with E-state index >= 15 is 0 Å². The number of hydrogen-bond donors (Lipinski definition) is 2. The number of methoxy groups -OCH3 is 2. The first-order valence-electron chi connectivity index (χ1n) is 5.27. The molecule has 0 aliphatic rings. The SMILES string of the molecule is COc1cc(Cl)c(OC)c(-c2cc(C(=O)O)[nH]n2)c1. The Bertz CT molecular complexity index is 624. The van der Waals surface area contributed by atoms with Crippen LogP contribution in [0.25, 0.3) is 11.3 Å². The molecule has 0 unspecified atom stereocenters. The molecule has 0 radical (unpaired) electrons. The van der Waals surface area contributed by atoms with Crippen molar-refractivity contribution in [3.05, 3.63) is 28.9 Å². The van der Waals surface area contributed by atoms with Crippen LogP contribution in [0.2, 0.25) is 5.02 Å². The lowest BCUT2D eigenvalue weighted by Gasteiger charge is -2.10. The summed E-state index contributed by atoms with van der Waals surface area (Å²) in [5, 5.41) is 15.6. The second-order valence-electron chi connectivity index (χ2n) is 3.66. The number of carboxylic acids is 1. The van der Waals surface area contributed by atoms with Gasteiger partial charge in [0.05, 0.1) is 24.9 Å². The van der Waals surface area contributed by atoms with E-state index in [-0.39, 0.29) is 5.69 Å². The lowest BCUT2D eigenvalue weighted by Crippen LogP contribution is -1.95. The summed E-state index contributed by atoms with van der Waals surface area (Å²) in [6.45, 7) is 0. The summed E-state index contributed by atoms with van der Waals surface area (Å²) in [7, 11) is 2.98. The van der Waals surface area contributed by atoms with Gasteiger partial charge in [-0.25, -0.2) is 4.79 Å². The molecule has 0 saturated heterocycles. The van der Waals surface area contributed by atoms with Gasteiger partial charge in [0.25, 0.3) is 0 Å². The third kappa shape index (κ3) is 2.48. The molecule has 19 heavy (non-hydrogen) atoms. The van der Waals surface area contributed by atoms with Crippen LogP contribution in [0.1, 0.15) is 10.5 Å². The minimum absolute atomic E-state index is 0.0176. The minimum atomic E-state index is -1.09. The molecular formula is C12H11ClN2O4. The molecule has 2 aromatic rings. The van der Waals surface area contributed by atoms with Crippen molar-refractivity contribution in [1.29, 1.82) is 0 Å². The number of carboxylic acid groups (broad SMARTS) is 1. The molecule has 7 heteroatoms. The van der Waals surface area contributed by atoms with Crippen LogP contribution < -0.4 is 9.47 Å². The highest BCUT2D eigenvalue weighted by Gasteiger charge is 2.17. The van der Waals surface area contributed by atoms with Gasteiger partial charge < -0.3 is 14.6 Å². The fourth-order valence-electron chi connectivity index (χ4n) is 1.65. The number of rotatable bonds is 4. The van der Waals surface area contributed by atoms with Crippen molar-refractivity contribution >= 4 is 17.6 Å². The van der Waals surface area contributed by atoms with Gasteiger partial charge in [0.1, 0.15) is 17.2 Å². The number of ether oxygens (including phenoxy) is 2. The maximum atomic E-state index is 10.8. The molecule has 1 aromatic carbocycles. The number of aromatic amines is 1. The highest BCUT2D eigenvalue weighted by molar-refractivity contribution is 6.32. The first-order chi connectivity index (χ1) is 9.06. The van der Waals surface area contributed by atoms with Crippen molar-refractivity contribution in [1.82, 2.24) is 10.2 Å². The van der Waals surface area contributed by atoms with Gasteiger partial charge in [-0.15, -0.1) is 0 Å². The van der Waals surface area contributed by atoms with Crippen LogP contribution in [0.4, 0.5) is 0 Å². The Balaban J connectivity index is 2.58. The number of nitrogens with one attached hydrogen (secondary N) is 1. The van der Waals surface area contributed by atoms with E-state index < -0.39 is 5.97 Å². The Labute approximate surface area is 113 Å². The number of carbonyl (C=O) groups is 1. The van der Waals surface area contributed by atoms with E-state index in [0.717, 1.165) is 0 Å². The number of aromatic carboxylic acids is 1. The van der Waals surface area contributed by atoms with Crippen molar-refractivity contribution < 1.29 is 19.4 Å². The predicted molar refractivity (Wildman–Crippen MR) is 69.1 cm³/mol. The largest absolute Gasteiger partial charge is 0.497 e. The average Bonchev–Trinajstić information content (AvgIpc) is 2.87. The van der Waals surface area contributed by atoms with Gasteiger partial charge in [-0.3, -0.25) is 5.10 Å². The minimum Gasteiger partial charge on any atom is -0.497 e. The Kier molecular flexibility index (Phi) is 3.62. The topological polar surface area (TPSA) is 84.4 Å². The summed E-state index contributed by atoms with van der Waals surface area (Å²) in [4.78, 5) is 10.8. The molecule has 0 aliphatic heterocycles. The second kappa shape index (κ2) is 5.19. The van der Waals surface area contributed by atoms with Gasteiger partial charge in [-0.2, -0.15) is 5.10 Å². The fraction of sp³-hybridized carbons (Fsp3) is 0.167. The zero-order chi connectivity index (χ0) is 14.0. The molecule has 0 spiro atoms. The average molecular weight is 283 g/mol. The first kappa shape index (κ1) is 13.2. The van der Waals surface area contributed by atoms with E-state index in [2.05, 4.69) is 10.2 Å². The third-order valence-corrected chi connectivity index (χ3v) is 2.82. The monoisotopic (exact) mass is 282 g/mol. The predicted octanol–water partition coefficient (Wildman–Crippen LogP) is 2.45. The molecule has 0 fully saturated rings. The summed E-state index contributed by atoms with van der Waals surface area (Å²) in [6.07, 6.45) is 0. The molecule has 1 aromatic heterocycles. The van der Waals surface area contributed by atoms with Crippen LogP contribution in [-0.4, -0.2) is 35.5 Å². The zero-order valence-corrected chi connectivity index (χ0v) is 11.0. The third-order valence-electron chi connectivity index (χ3n) is 2.54. The number of H-pyrrole nitrogens is 1. The highest BCUT2D eigenvalue weighted by Crippen LogP contribution is 2.39. The summed E-state index contributed by atoms with van der Waals surface area (Å²) in [6, 6.07) is 4.68. The maximum Gasteiger partial charge on any atom is 0.353 e. The normalized spacial score (nSPS) is 10.3. The van der Waals surface area contributed by atoms with Crippen molar-refractivity contribution in [3.63, 3.8) is 0 Å². The van der Waals surface area contributed by atoms with Crippen molar-refractivity contribution in [3.8, 4) is 22.8 Å². The van der Waals surface area contributed by atoms with Crippen LogP contribution in [-0.2, 0) is 0 Å². The molecular weight excluding hydrogens is 272 g/mol. The van der Waals surface area contributed by atoms with Crippen molar-refractivity contribution in [2.24, 2.45) is 0 Å². The molecule has 2 rings (SSSR count). The standard InChI is InChI=1S/C12H11ClN2O4/c1-18-6-3-7(11(19-2)8(13)4-6)9-5-10(12(16)17)15-14-9/h3-5H,1-2H3,(H,14,15)(H,16,17). The van der Waals surface area contributed by atoms with E-state index in [1.54, 1.807) is 12.1 Å². The van der Waals surface area contributed by atoms with E-state index in [1.807, 2.05) is 0 Å². The lowest BCUT2D eigenvalue weighted by molar-refractivity contribution is 0.0690. The quantitative estimate of drug-likeness (QED) is 0.900. The number of benzene rings is 1. The first-order valence-corrected chi connectivity index (χ1v) is 5.65. The Morgan fingerprint density at radius 2 is 2.05 bits per heavy atom. The van der Waals surface area contributed by atoms with Gasteiger partial charge in [0, 0.05) is 11.6 Å². The summed E-state index contributed by atoms with van der Waals surface area (Å²) >= 11 is 6.07. The molecule has 0 aliphatic carbocycles. The van der Waals surface area contributed by atoms with Crippen LogP contribution in [0.3, 0.4) is 0 Å². The van der Waals surface area contributed by atoms with Crippen LogP contribution in [0.5, 0.6) is 11.5 Å². The van der Waals surface area contributed by atoms with E-state index in [9.17, 15) is 4.79 Å². The smallest absolute Gasteiger partial charge is 0.353 e. The highest BCUT2D eigenvalue weighted by atomic mass is 35.5. The molecule has 2 N–H and O–H groups in total. The molecule has 6 nitrogen and oxygen atoms in total. The van der Waals surface area contributed by atoms with Gasteiger partial charge in [0.15, 0.2) is 0 Å². The van der Waals surface area contributed by atoms with Crippen LogP contribution >= 0.6 is 11.6 Å².